The quantitative estimate of drug-likeness (QED) is 0.896. The molecular weight excluding hydrogens is 286 g/mol. The average molecular weight is 317 g/mol. The van der Waals surface area contributed by atoms with Crippen LogP contribution >= 0.6 is 0 Å². The molecule has 1 aliphatic carbocycles. The molecule has 2 heterocycles. The summed E-state index contributed by atoms with van der Waals surface area (Å²) in [6.45, 7) is 7.44. The maximum Gasteiger partial charge on any atom is 0.253 e. The van der Waals surface area contributed by atoms with Gasteiger partial charge in [0.2, 0.25) is 0 Å². The van der Waals surface area contributed by atoms with Gasteiger partial charge < -0.3 is 15.2 Å². The van der Waals surface area contributed by atoms with Crippen LogP contribution in [0.15, 0.2) is 6.07 Å². The van der Waals surface area contributed by atoms with Crippen LogP contribution in [-0.4, -0.2) is 29.1 Å². The van der Waals surface area contributed by atoms with Crippen molar-refractivity contribution in [2.45, 2.75) is 83.8 Å². The smallest absolute Gasteiger partial charge is 0.253 e. The standard InChI is InChI=1S/C19H31N3O/c1-13-11-16(9-10-20-13)21-19(23)18-12-14(2)22(15(18)3)17-7-5-4-6-8-17/h12-13,16-17,20H,4-11H2,1-3H3,(H,21,23). The minimum absolute atomic E-state index is 0.110. The molecule has 1 amide bonds. The first-order valence-electron chi connectivity index (χ1n) is 9.29. The Hall–Kier alpha value is -1.29. The van der Waals surface area contributed by atoms with Crippen molar-refractivity contribution in [1.29, 1.82) is 0 Å². The molecule has 1 saturated heterocycles. The van der Waals surface area contributed by atoms with Crippen molar-refractivity contribution in [3.8, 4) is 0 Å². The Bertz CT molecular complexity index is 557. The predicted octanol–water partition coefficient (Wildman–Crippen LogP) is 3.48. The summed E-state index contributed by atoms with van der Waals surface area (Å²) in [5.41, 5.74) is 3.26. The number of aromatic nitrogens is 1. The first-order valence-corrected chi connectivity index (χ1v) is 9.29. The molecular formula is C19H31N3O. The zero-order valence-electron chi connectivity index (χ0n) is 14.8. The fraction of sp³-hybridized carbons (Fsp3) is 0.737. The van der Waals surface area contributed by atoms with Crippen LogP contribution in [0, 0.1) is 13.8 Å². The van der Waals surface area contributed by atoms with Crippen LogP contribution in [0.25, 0.3) is 0 Å². The van der Waals surface area contributed by atoms with Crippen molar-refractivity contribution in [1.82, 2.24) is 15.2 Å². The fourth-order valence-electron chi connectivity index (χ4n) is 4.43. The second-order valence-electron chi connectivity index (χ2n) is 7.50. The van der Waals surface area contributed by atoms with Crippen molar-refractivity contribution < 1.29 is 4.79 Å². The second kappa shape index (κ2) is 7.08. The molecule has 2 aliphatic rings. The van der Waals surface area contributed by atoms with Crippen LogP contribution in [0.4, 0.5) is 0 Å². The molecule has 0 aromatic carbocycles. The number of amides is 1. The largest absolute Gasteiger partial charge is 0.349 e. The summed E-state index contributed by atoms with van der Waals surface area (Å²) in [5, 5.41) is 6.69. The topological polar surface area (TPSA) is 46.1 Å². The number of nitrogens with zero attached hydrogens (tertiary/aromatic N) is 1. The van der Waals surface area contributed by atoms with E-state index in [1.54, 1.807) is 0 Å². The van der Waals surface area contributed by atoms with E-state index in [1.165, 1.54) is 37.8 Å². The predicted molar refractivity (Wildman–Crippen MR) is 94.0 cm³/mol. The Morgan fingerprint density at radius 2 is 1.96 bits per heavy atom. The van der Waals surface area contributed by atoms with Crippen molar-refractivity contribution in [2.24, 2.45) is 0 Å². The van der Waals surface area contributed by atoms with Gasteiger partial charge in [0, 0.05) is 29.5 Å². The molecule has 23 heavy (non-hydrogen) atoms. The molecule has 4 heteroatoms. The maximum atomic E-state index is 12.7. The van der Waals surface area contributed by atoms with E-state index in [9.17, 15) is 4.79 Å². The lowest BCUT2D eigenvalue weighted by Gasteiger charge is -2.29. The van der Waals surface area contributed by atoms with E-state index in [0.717, 1.165) is 30.6 Å². The molecule has 0 bridgehead atoms. The van der Waals surface area contributed by atoms with Gasteiger partial charge >= 0.3 is 0 Å². The van der Waals surface area contributed by atoms with Crippen LogP contribution in [0.2, 0.25) is 0 Å². The molecule has 1 aromatic rings. The third kappa shape index (κ3) is 3.63. The van der Waals surface area contributed by atoms with E-state index in [4.69, 9.17) is 0 Å². The number of carbonyl (C=O) groups is 1. The van der Waals surface area contributed by atoms with Crippen molar-refractivity contribution in [3.05, 3.63) is 23.0 Å². The Morgan fingerprint density at radius 3 is 2.65 bits per heavy atom. The molecule has 1 saturated carbocycles. The minimum atomic E-state index is 0.110. The molecule has 2 N–H and O–H groups in total. The van der Waals surface area contributed by atoms with Gasteiger partial charge in [0.05, 0.1) is 5.56 Å². The molecule has 0 radical (unpaired) electrons. The summed E-state index contributed by atoms with van der Waals surface area (Å²) >= 11 is 0. The summed E-state index contributed by atoms with van der Waals surface area (Å²) in [7, 11) is 0. The van der Waals surface area contributed by atoms with Gasteiger partial charge in [0.15, 0.2) is 0 Å². The summed E-state index contributed by atoms with van der Waals surface area (Å²) in [5.74, 6) is 0.110. The summed E-state index contributed by atoms with van der Waals surface area (Å²) in [6.07, 6.45) is 8.54. The molecule has 2 atom stereocenters. The third-order valence-electron chi connectivity index (χ3n) is 5.63. The average Bonchev–Trinajstić information content (AvgIpc) is 2.83. The molecule has 2 fully saturated rings. The van der Waals surface area contributed by atoms with E-state index in [0.29, 0.717) is 18.1 Å². The fourth-order valence-corrected chi connectivity index (χ4v) is 4.43. The summed E-state index contributed by atoms with van der Waals surface area (Å²) < 4.78 is 2.42. The molecule has 0 spiro atoms. The highest BCUT2D eigenvalue weighted by molar-refractivity contribution is 5.95. The maximum absolute atomic E-state index is 12.7. The number of carbonyl (C=O) groups excluding carboxylic acids is 1. The van der Waals surface area contributed by atoms with Gasteiger partial charge in [-0.05, 0) is 59.1 Å². The van der Waals surface area contributed by atoms with Crippen molar-refractivity contribution in [3.63, 3.8) is 0 Å². The lowest BCUT2D eigenvalue weighted by molar-refractivity contribution is 0.0925. The lowest BCUT2D eigenvalue weighted by Crippen LogP contribution is -2.46. The number of aryl methyl sites for hydroxylation is 1. The molecule has 2 unspecified atom stereocenters. The highest BCUT2D eigenvalue weighted by Gasteiger charge is 2.25. The normalized spacial score (nSPS) is 26.2. The van der Waals surface area contributed by atoms with Crippen molar-refractivity contribution in [2.75, 3.05) is 6.54 Å². The van der Waals surface area contributed by atoms with Gasteiger partial charge in [-0.25, -0.2) is 0 Å². The molecule has 1 aliphatic heterocycles. The van der Waals surface area contributed by atoms with E-state index in [-0.39, 0.29) is 5.91 Å². The number of nitrogens with one attached hydrogen (secondary N) is 2. The summed E-state index contributed by atoms with van der Waals surface area (Å²) in [4.78, 5) is 12.7. The summed E-state index contributed by atoms with van der Waals surface area (Å²) in [6, 6.07) is 3.47. The highest BCUT2D eigenvalue weighted by atomic mass is 16.1. The van der Waals surface area contributed by atoms with Crippen LogP contribution in [-0.2, 0) is 0 Å². The number of hydrogen-bond acceptors (Lipinski definition) is 2. The number of piperidine rings is 1. The minimum Gasteiger partial charge on any atom is -0.349 e. The van der Waals surface area contributed by atoms with Gasteiger partial charge in [-0.3, -0.25) is 4.79 Å². The Kier molecular flexibility index (Phi) is 5.10. The van der Waals surface area contributed by atoms with Gasteiger partial charge in [-0.2, -0.15) is 0 Å². The first-order chi connectivity index (χ1) is 11.1. The number of rotatable bonds is 3. The van der Waals surface area contributed by atoms with Crippen LogP contribution in [0.5, 0.6) is 0 Å². The zero-order valence-corrected chi connectivity index (χ0v) is 14.8. The van der Waals surface area contributed by atoms with Gasteiger partial charge in [0.25, 0.3) is 5.91 Å². The Balaban J connectivity index is 1.73. The molecule has 128 valence electrons. The van der Waals surface area contributed by atoms with Gasteiger partial charge in [-0.1, -0.05) is 19.3 Å². The zero-order chi connectivity index (χ0) is 16.4. The molecule has 4 nitrogen and oxygen atoms in total. The van der Waals surface area contributed by atoms with E-state index in [1.807, 2.05) is 0 Å². The SMILES string of the molecule is Cc1cc(C(=O)NC2CCNC(C)C2)c(C)n1C1CCCCC1. The van der Waals surface area contributed by atoms with Crippen LogP contribution in [0.3, 0.4) is 0 Å². The number of hydrogen-bond donors (Lipinski definition) is 2. The Labute approximate surface area is 140 Å². The first kappa shape index (κ1) is 16.6. The third-order valence-corrected chi connectivity index (χ3v) is 5.63. The molecule has 1 aromatic heterocycles. The van der Waals surface area contributed by atoms with Gasteiger partial charge in [-0.15, -0.1) is 0 Å². The van der Waals surface area contributed by atoms with Crippen molar-refractivity contribution >= 4 is 5.91 Å². The highest BCUT2D eigenvalue weighted by Crippen LogP contribution is 2.32. The lowest BCUT2D eigenvalue weighted by atomic mass is 9.95. The van der Waals surface area contributed by atoms with Crippen LogP contribution < -0.4 is 10.6 Å². The molecule has 3 rings (SSSR count). The van der Waals surface area contributed by atoms with Crippen LogP contribution in [0.1, 0.15) is 79.7 Å². The Morgan fingerprint density at radius 1 is 1.22 bits per heavy atom. The van der Waals surface area contributed by atoms with E-state index >= 15 is 0 Å². The van der Waals surface area contributed by atoms with E-state index < -0.39 is 0 Å². The monoisotopic (exact) mass is 317 g/mol. The van der Waals surface area contributed by atoms with Gasteiger partial charge in [0.1, 0.15) is 0 Å². The second-order valence-corrected chi connectivity index (χ2v) is 7.50. The van der Waals surface area contributed by atoms with E-state index in [2.05, 4.69) is 42.0 Å².